The minimum atomic E-state index is -0.435. The van der Waals surface area contributed by atoms with Crippen molar-refractivity contribution in [2.24, 2.45) is 20.0 Å². The molecule has 2 aromatic rings. The standard InChI is InChI=1S/C19H23N3O3/c1-13(2)17(14-8-6-5-7-9-14)20-16(23)11-10-15-12-21(3)19(25)22(4)18(15)24/h5-13,17H,1-4H3,(H,20,23)/b11-10+. The first kappa shape index (κ1) is 18.4. The molecule has 0 aliphatic heterocycles. The third-order valence-electron chi connectivity index (χ3n) is 4.01. The summed E-state index contributed by atoms with van der Waals surface area (Å²) >= 11 is 0. The first-order valence-electron chi connectivity index (χ1n) is 8.11. The van der Waals surface area contributed by atoms with Crippen molar-refractivity contribution in [1.82, 2.24) is 14.5 Å². The van der Waals surface area contributed by atoms with Crippen LogP contribution in [0.2, 0.25) is 0 Å². The van der Waals surface area contributed by atoms with Crippen molar-refractivity contribution in [2.45, 2.75) is 19.9 Å². The summed E-state index contributed by atoms with van der Waals surface area (Å²) in [5, 5.41) is 2.96. The molecule has 1 amide bonds. The summed E-state index contributed by atoms with van der Waals surface area (Å²) in [6.45, 7) is 4.06. The van der Waals surface area contributed by atoms with E-state index in [-0.39, 0.29) is 23.4 Å². The first-order valence-corrected chi connectivity index (χ1v) is 8.11. The number of amides is 1. The lowest BCUT2D eigenvalue weighted by atomic mass is 9.96. The van der Waals surface area contributed by atoms with Crippen LogP contribution in [0, 0.1) is 5.92 Å². The molecule has 1 N–H and O–H groups in total. The molecule has 1 unspecified atom stereocenters. The quantitative estimate of drug-likeness (QED) is 0.840. The molecule has 1 atom stereocenters. The van der Waals surface area contributed by atoms with Gasteiger partial charge in [0.1, 0.15) is 0 Å². The highest BCUT2D eigenvalue weighted by atomic mass is 16.2. The second-order valence-electron chi connectivity index (χ2n) is 6.32. The fourth-order valence-corrected chi connectivity index (χ4v) is 2.61. The molecule has 0 spiro atoms. The summed E-state index contributed by atoms with van der Waals surface area (Å²) in [6, 6.07) is 9.61. The van der Waals surface area contributed by atoms with Crippen LogP contribution in [0.4, 0.5) is 0 Å². The van der Waals surface area contributed by atoms with E-state index < -0.39 is 11.2 Å². The molecule has 1 aromatic heterocycles. The van der Waals surface area contributed by atoms with Gasteiger partial charge in [0.15, 0.2) is 0 Å². The van der Waals surface area contributed by atoms with Gasteiger partial charge in [-0.25, -0.2) is 4.79 Å². The van der Waals surface area contributed by atoms with Crippen LogP contribution in [0.3, 0.4) is 0 Å². The van der Waals surface area contributed by atoms with E-state index in [9.17, 15) is 14.4 Å². The van der Waals surface area contributed by atoms with E-state index in [2.05, 4.69) is 5.32 Å². The highest BCUT2D eigenvalue weighted by Crippen LogP contribution is 2.21. The van der Waals surface area contributed by atoms with E-state index in [0.29, 0.717) is 0 Å². The molecule has 0 aliphatic carbocycles. The van der Waals surface area contributed by atoms with E-state index in [1.54, 1.807) is 7.05 Å². The van der Waals surface area contributed by atoms with Crippen LogP contribution in [-0.2, 0) is 18.9 Å². The molecule has 0 fully saturated rings. The van der Waals surface area contributed by atoms with Crippen LogP contribution in [0.5, 0.6) is 0 Å². The minimum absolute atomic E-state index is 0.124. The Labute approximate surface area is 146 Å². The van der Waals surface area contributed by atoms with Gasteiger partial charge in [-0.05, 0) is 17.6 Å². The van der Waals surface area contributed by atoms with E-state index in [0.717, 1.165) is 10.1 Å². The maximum absolute atomic E-state index is 12.3. The highest BCUT2D eigenvalue weighted by molar-refractivity contribution is 5.91. The molecule has 1 aromatic carbocycles. The van der Waals surface area contributed by atoms with Crippen molar-refractivity contribution in [3.05, 3.63) is 74.6 Å². The third kappa shape index (κ3) is 4.35. The van der Waals surface area contributed by atoms with Crippen LogP contribution >= 0.6 is 0 Å². The Kier molecular flexibility index (Phi) is 5.75. The number of nitrogens with zero attached hydrogens (tertiary/aromatic N) is 2. The third-order valence-corrected chi connectivity index (χ3v) is 4.01. The monoisotopic (exact) mass is 341 g/mol. The van der Waals surface area contributed by atoms with Gasteiger partial charge in [0.05, 0.1) is 11.6 Å². The van der Waals surface area contributed by atoms with Crippen LogP contribution in [-0.4, -0.2) is 15.0 Å². The second-order valence-corrected chi connectivity index (χ2v) is 6.32. The van der Waals surface area contributed by atoms with Crippen molar-refractivity contribution in [3.8, 4) is 0 Å². The van der Waals surface area contributed by atoms with Gasteiger partial charge >= 0.3 is 5.69 Å². The van der Waals surface area contributed by atoms with Crippen molar-refractivity contribution in [3.63, 3.8) is 0 Å². The number of aryl methyl sites for hydroxylation is 1. The number of carbonyl (C=O) groups is 1. The number of hydrogen-bond donors (Lipinski definition) is 1. The largest absolute Gasteiger partial charge is 0.345 e. The molecular formula is C19H23N3O3. The molecule has 132 valence electrons. The van der Waals surface area contributed by atoms with E-state index in [1.165, 1.54) is 30.0 Å². The number of hydrogen-bond acceptors (Lipinski definition) is 3. The predicted octanol–water partition coefficient (Wildman–Crippen LogP) is 1.61. The van der Waals surface area contributed by atoms with Crippen molar-refractivity contribution in [1.29, 1.82) is 0 Å². The van der Waals surface area contributed by atoms with Gasteiger partial charge in [-0.15, -0.1) is 0 Å². The molecule has 0 saturated carbocycles. The maximum atomic E-state index is 12.3. The van der Waals surface area contributed by atoms with Gasteiger partial charge in [-0.2, -0.15) is 0 Å². The summed E-state index contributed by atoms with van der Waals surface area (Å²) in [5.41, 5.74) is 0.462. The number of benzene rings is 1. The lowest BCUT2D eigenvalue weighted by Gasteiger charge is -2.22. The summed E-state index contributed by atoms with van der Waals surface area (Å²) in [4.78, 5) is 36.0. The summed E-state index contributed by atoms with van der Waals surface area (Å²) in [7, 11) is 2.97. The van der Waals surface area contributed by atoms with Gasteiger partial charge in [0.2, 0.25) is 5.91 Å². The molecule has 0 saturated heterocycles. The van der Waals surface area contributed by atoms with Crippen LogP contribution < -0.4 is 16.6 Å². The van der Waals surface area contributed by atoms with E-state index >= 15 is 0 Å². The minimum Gasteiger partial charge on any atom is -0.345 e. The lowest BCUT2D eigenvalue weighted by molar-refractivity contribution is -0.117. The fourth-order valence-electron chi connectivity index (χ4n) is 2.61. The SMILES string of the molecule is CC(C)C(NC(=O)/C=C/c1cn(C)c(=O)n(C)c1=O)c1ccccc1. The zero-order valence-corrected chi connectivity index (χ0v) is 14.9. The van der Waals surface area contributed by atoms with Crippen LogP contribution in [0.15, 0.2) is 52.2 Å². The molecule has 0 bridgehead atoms. The normalized spacial score (nSPS) is 12.5. The smallest absolute Gasteiger partial charge is 0.330 e. The second kappa shape index (κ2) is 7.79. The number of carbonyl (C=O) groups excluding carboxylic acids is 1. The van der Waals surface area contributed by atoms with Crippen molar-refractivity contribution in [2.75, 3.05) is 0 Å². The predicted molar refractivity (Wildman–Crippen MR) is 98.1 cm³/mol. The van der Waals surface area contributed by atoms with E-state index in [1.807, 2.05) is 44.2 Å². The van der Waals surface area contributed by atoms with Crippen LogP contribution in [0.1, 0.15) is 31.0 Å². The fraction of sp³-hybridized carbons (Fsp3) is 0.316. The molecule has 0 radical (unpaired) electrons. The topological polar surface area (TPSA) is 73.1 Å². The van der Waals surface area contributed by atoms with E-state index in [4.69, 9.17) is 0 Å². The Morgan fingerprint density at radius 2 is 1.76 bits per heavy atom. The highest BCUT2D eigenvalue weighted by Gasteiger charge is 2.16. The van der Waals surface area contributed by atoms with Gasteiger partial charge in [0, 0.05) is 26.4 Å². The number of nitrogens with one attached hydrogen (secondary N) is 1. The maximum Gasteiger partial charge on any atom is 0.330 e. The molecule has 6 nitrogen and oxygen atoms in total. The summed E-state index contributed by atoms with van der Waals surface area (Å²) < 4.78 is 2.32. The zero-order chi connectivity index (χ0) is 18.6. The molecular weight excluding hydrogens is 318 g/mol. The first-order chi connectivity index (χ1) is 11.8. The molecule has 1 heterocycles. The van der Waals surface area contributed by atoms with Gasteiger partial charge in [-0.3, -0.25) is 14.2 Å². The average molecular weight is 341 g/mol. The average Bonchev–Trinajstić information content (AvgIpc) is 2.60. The Morgan fingerprint density at radius 1 is 1.12 bits per heavy atom. The summed E-state index contributed by atoms with van der Waals surface area (Å²) in [5.74, 6) is -0.0800. The van der Waals surface area contributed by atoms with Gasteiger partial charge in [-0.1, -0.05) is 44.2 Å². The molecule has 2 rings (SSSR count). The molecule has 0 aliphatic rings. The summed E-state index contributed by atoms with van der Waals surface area (Å²) in [6.07, 6.45) is 4.17. The Balaban J connectivity index is 2.21. The Bertz CT molecular complexity index is 892. The molecule has 6 heteroatoms. The van der Waals surface area contributed by atoms with Crippen LogP contribution in [0.25, 0.3) is 6.08 Å². The Morgan fingerprint density at radius 3 is 2.36 bits per heavy atom. The van der Waals surface area contributed by atoms with Crippen molar-refractivity contribution >= 4 is 12.0 Å². The number of rotatable bonds is 5. The zero-order valence-electron chi connectivity index (χ0n) is 14.9. The molecule has 25 heavy (non-hydrogen) atoms. The lowest BCUT2D eigenvalue weighted by Crippen LogP contribution is -2.37. The number of aromatic nitrogens is 2. The Hall–Kier alpha value is -2.89. The van der Waals surface area contributed by atoms with Gasteiger partial charge < -0.3 is 9.88 Å². The van der Waals surface area contributed by atoms with Crippen molar-refractivity contribution < 1.29 is 4.79 Å². The van der Waals surface area contributed by atoms with Gasteiger partial charge in [0.25, 0.3) is 5.56 Å².